The summed E-state index contributed by atoms with van der Waals surface area (Å²) in [4.78, 5) is 47.3. The number of nitrogens with zero attached hydrogens (tertiary/aromatic N) is 3. The van der Waals surface area contributed by atoms with Crippen LogP contribution in [0.15, 0.2) is 66.9 Å². The van der Waals surface area contributed by atoms with Crippen LogP contribution in [-0.2, 0) is 9.59 Å². The monoisotopic (exact) mass is 600 g/mol. The molecule has 10 nitrogen and oxygen atoms in total. The predicted molar refractivity (Wildman–Crippen MR) is 165 cm³/mol. The van der Waals surface area contributed by atoms with E-state index >= 15 is 0 Å². The van der Waals surface area contributed by atoms with Gasteiger partial charge in [0.25, 0.3) is 0 Å². The summed E-state index contributed by atoms with van der Waals surface area (Å²) in [6, 6.07) is 15.4. The van der Waals surface area contributed by atoms with Gasteiger partial charge < -0.3 is 25.2 Å². The Hall–Kier alpha value is -4.51. The second kappa shape index (κ2) is 13.0. The number of hydrogen-bond donors (Lipinski definition) is 3. The molecule has 0 unspecified atom stereocenters. The number of halogens is 1. The SMILES string of the molecule is O=C(Nc1cc(Oc2ccc(NC(=O)C3(C(=O)Nc4ccc(F)cc4)CC3)cc2)ccn1)N1CCC(CN2CCCC2)CC1. The fraction of sp³-hybridized carbons (Fsp3) is 0.394. The van der Waals surface area contributed by atoms with Crippen molar-refractivity contribution in [1.82, 2.24) is 14.8 Å². The lowest BCUT2D eigenvalue weighted by Gasteiger charge is -2.33. The topological polar surface area (TPSA) is 116 Å². The number of amides is 4. The molecule has 0 bridgehead atoms. The van der Waals surface area contributed by atoms with Crippen LogP contribution in [0.25, 0.3) is 0 Å². The highest BCUT2D eigenvalue weighted by molar-refractivity contribution is 6.16. The summed E-state index contributed by atoms with van der Waals surface area (Å²) in [5.74, 6) is 0.880. The average Bonchev–Trinajstić information content (AvgIpc) is 3.70. The van der Waals surface area contributed by atoms with E-state index in [1.807, 2.05) is 4.90 Å². The van der Waals surface area contributed by atoms with E-state index in [-0.39, 0.29) is 6.03 Å². The molecule has 0 atom stereocenters. The lowest BCUT2D eigenvalue weighted by atomic mass is 9.96. The molecule has 3 N–H and O–H groups in total. The summed E-state index contributed by atoms with van der Waals surface area (Å²) in [6.07, 6.45) is 7.07. The maximum absolute atomic E-state index is 13.2. The van der Waals surface area contributed by atoms with Crippen LogP contribution < -0.4 is 20.7 Å². The van der Waals surface area contributed by atoms with Crippen LogP contribution in [0.2, 0.25) is 0 Å². The molecule has 0 radical (unpaired) electrons. The number of nitrogens with one attached hydrogen (secondary N) is 3. The van der Waals surface area contributed by atoms with Crippen molar-refractivity contribution in [2.45, 2.75) is 38.5 Å². The van der Waals surface area contributed by atoms with Gasteiger partial charge in [-0.1, -0.05) is 0 Å². The molecule has 2 aromatic carbocycles. The Morgan fingerprint density at radius 1 is 0.818 bits per heavy atom. The smallest absolute Gasteiger partial charge is 0.323 e. The number of hydrogen-bond acceptors (Lipinski definition) is 6. The van der Waals surface area contributed by atoms with E-state index in [1.54, 1.807) is 42.6 Å². The van der Waals surface area contributed by atoms with Gasteiger partial charge in [-0.15, -0.1) is 0 Å². The molecule has 1 saturated carbocycles. The summed E-state index contributed by atoms with van der Waals surface area (Å²) in [6.45, 7) is 5.02. The largest absolute Gasteiger partial charge is 0.457 e. The average molecular weight is 601 g/mol. The number of carbonyl (C=O) groups excluding carboxylic acids is 3. The van der Waals surface area contributed by atoms with Gasteiger partial charge in [-0.25, -0.2) is 14.2 Å². The number of piperidine rings is 1. The zero-order valence-electron chi connectivity index (χ0n) is 24.6. The van der Waals surface area contributed by atoms with Gasteiger partial charge in [0, 0.05) is 43.3 Å². The summed E-state index contributed by atoms with van der Waals surface area (Å²) in [7, 11) is 0. The van der Waals surface area contributed by atoms with E-state index in [0.29, 0.717) is 47.5 Å². The number of urea groups is 1. The zero-order valence-corrected chi connectivity index (χ0v) is 24.6. The molecule has 3 heterocycles. The summed E-state index contributed by atoms with van der Waals surface area (Å²) in [5.41, 5.74) is -0.191. The molecule has 0 spiro atoms. The van der Waals surface area contributed by atoms with Crippen molar-refractivity contribution < 1.29 is 23.5 Å². The first-order chi connectivity index (χ1) is 21.4. The van der Waals surface area contributed by atoms with E-state index in [1.165, 1.54) is 50.2 Å². The number of likely N-dealkylation sites (tertiary alicyclic amines) is 2. The Morgan fingerprint density at radius 2 is 1.43 bits per heavy atom. The number of pyridine rings is 1. The molecule has 4 amide bonds. The molecule has 3 fully saturated rings. The minimum Gasteiger partial charge on any atom is -0.457 e. The van der Waals surface area contributed by atoms with Gasteiger partial charge in [-0.3, -0.25) is 14.9 Å². The minimum absolute atomic E-state index is 0.158. The van der Waals surface area contributed by atoms with Crippen LogP contribution in [-0.4, -0.2) is 65.4 Å². The summed E-state index contributed by atoms with van der Waals surface area (Å²) >= 11 is 0. The molecule has 2 saturated heterocycles. The van der Waals surface area contributed by atoms with Crippen molar-refractivity contribution in [1.29, 1.82) is 0 Å². The van der Waals surface area contributed by atoms with E-state index < -0.39 is 23.0 Å². The van der Waals surface area contributed by atoms with Gasteiger partial charge in [-0.2, -0.15) is 0 Å². The molecule has 2 aliphatic heterocycles. The number of rotatable bonds is 9. The highest BCUT2D eigenvalue weighted by Gasteiger charge is 2.56. The summed E-state index contributed by atoms with van der Waals surface area (Å²) in [5, 5.41) is 8.41. The van der Waals surface area contributed by atoms with Crippen LogP contribution in [0.4, 0.5) is 26.4 Å². The van der Waals surface area contributed by atoms with Gasteiger partial charge in [-0.05, 0) is 112 Å². The fourth-order valence-electron chi connectivity index (χ4n) is 5.84. The van der Waals surface area contributed by atoms with Crippen molar-refractivity contribution in [3.05, 3.63) is 72.7 Å². The highest BCUT2D eigenvalue weighted by Crippen LogP contribution is 2.47. The standard InChI is InChI=1S/C33H37FN6O4/c34-24-3-5-25(6-4-24)36-30(41)33(14-15-33)31(42)37-26-7-9-27(10-8-26)44-28-11-16-35-29(21-28)38-32(43)40-19-12-23(13-20-40)22-39-17-1-2-18-39/h3-11,16,21,23H,1-2,12-15,17-20,22H2,(H,36,41)(H,37,42)(H,35,38,43). The maximum atomic E-state index is 13.2. The number of ether oxygens (including phenoxy) is 1. The first-order valence-electron chi connectivity index (χ1n) is 15.3. The third kappa shape index (κ3) is 7.16. The molecular weight excluding hydrogens is 563 g/mol. The molecule has 1 aromatic heterocycles. The first kappa shape index (κ1) is 29.6. The fourth-order valence-corrected chi connectivity index (χ4v) is 5.84. The second-order valence-electron chi connectivity index (χ2n) is 11.9. The summed E-state index contributed by atoms with van der Waals surface area (Å²) < 4.78 is 19.1. The van der Waals surface area contributed by atoms with Crippen molar-refractivity contribution in [3.8, 4) is 11.5 Å². The maximum Gasteiger partial charge on any atom is 0.323 e. The molecule has 6 rings (SSSR count). The third-order valence-corrected chi connectivity index (χ3v) is 8.65. The Labute approximate surface area is 256 Å². The molecule has 44 heavy (non-hydrogen) atoms. The first-order valence-corrected chi connectivity index (χ1v) is 15.3. The van der Waals surface area contributed by atoms with Crippen molar-refractivity contribution in [2.24, 2.45) is 11.3 Å². The Balaban J connectivity index is 0.979. The Kier molecular flexibility index (Phi) is 8.74. The molecule has 3 aliphatic rings. The molecule has 1 aliphatic carbocycles. The number of anilines is 3. The van der Waals surface area contributed by atoms with Gasteiger partial charge in [0.15, 0.2) is 0 Å². The second-order valence-corrected chi connectivity index (χ2v) is 11.9. The van der Waals surface area contributed by atoms with Crippen LogP contribution in [0.5, 0.6) is 11.5 Å². The third-order valence-electron chi connectivity index (χ3n) is 8.65. The Bertz CT molecular complexity index is 1480. The number of carbonyl (C=O) groups is 3. The van der Waals surface area contributed by atoms with Gasteiger partial charge in [0.1, 0.15) is 28.5 Å². The van der Waals surface area contributed by atoms with E-state index in [9.17, 15) is 18.8 Å². The number of aromatic nitrogens is 1. The molecule has 230 valence electrons. The van der Waals surface area contributed by atoms with Gasteiger partial charge in [0.05, 0.1) is 0 Å². The zero-order chi connectivity index (χ0) is 30.5. The van der Waals surface area contributed by atoms with Crippen LogP contribution in [0.3, 0.4) is 0 Å². The normalized spacial score (nSPS) is 18.0. The highest BCUT2D eigenvalue weighted by atomic mass is 19.1. The van der Waals surface area contributed by atoms with Gasteiger partial charge >= 0.3 is 6.03 Å². The Morgan fingerprint density at radius 3 is 2.05 bits per heavy atom. The van der Waals surface area contributed by atoms with E-state index in [4.69, 9.17) is 4.74 Å². The van der Waals surface area contributed by atoms with Gasteiger partial charge in [0.2, 0.25) is 11.8 Å². The van der Waals surface area contributed by atoms with Crippen LogP contribution >= 0.6 is 0 Å². The quantitative estimate of drug-likeness (QED) is 0.271. The van der Waals surface area contributed by atoms with E-state index in [2.05, 4.69) is 25.8 Å². The van der Waals surface area contributed by atoms with Crippen molar-refractivity contribution >= 4 is 35.0 Å². The van der Waals surface area contributed by atoms with Crippen LogP contribution in [0.1, 0.15) is 38.5 Å². The van der Waals surface area contributed by atoms with Crippen molar-refractivity contribution in [3.63, 3.8) is 0 Å². The predicted octanol–water partition coefficient (Wildman–Crippen LogP) is 5.71. The minimum atomic E-state index is -1.15. The van der Waals surface area contributed by atoms with E-state index in [0.717, 1.165) is 32.5 Å². The van der Waals surface area contributed by atoms with Crippen molar-refractivity contribution in [2.75, 3.05) is 48.7 Å². The lowest BCUT2D eigenvalue weighted by molar-refractivity contribution is -0.131. The lowest BCUT2D eigenvalue weighted by Crippen LogP contribution is -2.43. The molecule has 11 heteroatoms. The number of benzene rings is 2. The molecule has 3 aromatic rings. The molecular formula is C33H37FN6O4. The van der Waals surface area contributed by atoms with Crippen LogP contribution in [0, 0.1) is 17.2 Å².